The van der Waals surface area contributed by atoms with Crippen LogP contribution in [-0.2, 0) is 6.18 Å². The van der Waals surface area contributed by atoms with Crippen molar-refractivity contribution in [1.29, 1.82) is 0 Å². The monoisotopic (exact) mass is 327 g/mol. The molecule has 1 aromatic rings. The molecule has 0 fully saturated rings. The summed E-state index contributed by atoms with van der Waals surface area (Å²) in [5, 5.41) is -0.578. The molecule has 1 nitrogen and oxygen atoms in total. The van der Waals surface area contributed by atoms with Crippen molar-refractivity contribution in [2.75, 3.05) is 0 Å². The highest BCUT2D eigenvalue weighted by Crippen LogP contribution is 2.37. The van der Waals surface area contributed by atoms with Gasteiger partial charge in [0.1, 0.15) is 0 Å². The van der Waals surface area contributed by atoms with Gasteiger partial charge in [-0.05, 0) is 17.7 Å². The normalized spacial score (nSPS) is 13.9. The van der Waals surface area contributed by atoms with Crippen molar-refractivity contribution in [3.8, 4) is 0 Å². The molecule has 0 spiro atoms. The van der Waals surface area contributed by atoms with Crippen molar-refractivity contribution in [1.82, 2.24) is 0 Å². The summed E-state index contributed by atoms with van der Waals surface area (Å²) in [6, 6.07) is 0.922. The molecule has 0 radical (unpaired) electrons. The van der Waals surface area contributed by atoms with Gasteiger partial charge in [-0.25, -0.2) is 0 Å². The van der Waals surface area contributed by atoms with Crippen LogP contribution in [0.3, 0.4) is 0 Å². The summed E-state index contributed by atoms with van der Waals surface area (Å²) in [7, 11) is 0. The van der Waals surface area contributed by atoms with Crippen molar-refractivity contribution in [2.24, 2.45) is 5.73 Å². The first-order valence-electron chi connectivity index (χ1n) is 4.69. The van der Waals surface area contributed by atoms with Gasteiger partial charge >= 0.3 is 12.4 Å². The van der Waals surface area contributed by atoms with Gasteiger partial charge in [-0.15, -0.1) is 12.4 Å². The van der Waals surface area contributed by atoms with E-state index in [2.05, 4.69) is 0 Å². The number of alkyl halides is 6. The number of hydrogen-bond donors (Lipinski definition) is 1. The van der Waals surface area contributed by atoms with Crippen LogP contribution in [-0.4, -0.2) is 6.18 Å². The third-order valence-corrected chi connectivity index (χ3v) is 2.50. The maximum atomic E-state index is 12.5. The Morgan fingerprint density at radius 3 is 2.05 bits per heavy atom. The summed E-state index contributed by atoms with van der Waals surface area (Å²) in [6.45, 7) is 0. The molecule has 0 aliphatic rings. The van der Waals surface area contributed by atoms with Gasteiger partial charge in [-0.2, -0.15) is 26.3 Å². The predicted octanol–water partition coefficient (Wildman–Crippen LogP) is 4.73. The van der Waals surface area contributed by atoms with Crippen LogP contribution in [0.25, 0.3) is 0 Å². The van der Waals surface area contributed by atoms with Crippen molar-refractivity contribution >= 4 is 24.0 Å². The predicted molar refractivity (Wildman–Crippen MR) is 61.3 cm³/mol. The molecule has 1 atom stereocenters. The van der Waals surface area contributed by atoms with E-state index in [0.717, 1.165) is 12.1 Å². The molecule has 1 aromatic carbocycles. The molecule has 0 saturated heterocycles. The largest absolute Gasteiger partial charge is 0.417 e. The first-order valence-corrected chi connectivity index (χ1v) is 5.07. The van der Waals surface area contributed by atoms with Crippen LogP contribution < -0.4 is 5.73 Å². The number of nitrogens with two attached hydrogens (primary N) is 1. The van der Waals surface area contributed by atoms with Gasteiger partial charge in [0.2, 0.25) is 0 Å². The van der Waals surface area contributed by atoms with E-state index in [1.807, 2.05) is 0 Å². The smallest absolute Gasteiger partial charge is 0.324 e. The lowest BCUT2D eigenvalue weighted by Gasteiger charge is -2.17. The summed E-state index contributed by atoms with van der Waals surface area (Å²) < 4.78 is 73.7. The molecule has 0 aromatic heterocycles. The van der Waals surface area contributed by atoms with Crippen LogP contribution in [0.15, 0.2) is 18.2 Å². The lowest BCUT2D eigenvalue weighted by Crippen LogP contribution is -2.20. The van der Waals surface area contributed by atoms with Crippen LogP contribution in [0.5, 0.6) is 0 Å². The fourth-order valence-electron chi connectivity index (χ4n) is 1.36. The first-order chi connectivity index (χ1) is 8.00. The Hall–Kier alpha value is -0.660. The highest BCUT2D eigenvalue weighted by molar-refractivity contribution is 6.31. The number of halogens is 8. The fraction of sp³-hybridized carbons (Fsp3) is 0.400. The lowest BCUT2D eigenvalue weighted by molar-refractivity contribution is -0.138. The second-order valence-corrected chi connectivity index (χ2v) is 4.07. The van der Waals surface area contributed by atoms with Crippen molar-refractivity contribution in [2.45, 2.75) is 24.8 Å². The third kappa shape index (κ3) is 5.46. The molecule has 19 heavy (non-hydrogen) atoms. The molecular formula is C10H9Cl2F6N. The molecule has 0 saturated carbocycles. The molecule has 0 unspecified atom stereocenters. The van der Waals surface area contributed by atoms with Gasteiger partial charge in [-0.1, -0.05) is 17.7 Å². The lowest BCUT2D eigenvalue weighted by atomic mass is 10.0. The summed E-state index contributed by atoms with van der Waals surface area (Å²) >= 11 is 5.34. The molecule has 0 aliphatic carbocycles. The van der Waals surface area contributed by atoms with Gasteiger partial charge in [0.25, 0.3) is 0 Å². The second kappa shape index (κ2) is 6.19. The minimum atomic E-state index is -4.73. The Morgan fingerprint density at radius 2 is 1.63 bits per heavy atom. The average molecular weight is 328 g/mol. The SMILES string of the molecule is Cl.N[C@@H](CC(F)(F)F)c1ccc(Cl)c(C(F)(F)F)c1. The van der Waals surface area contributed by atoms with Crippen molar-refractivity contribution in [3.63, 3.8) is 0 Å². The van der Waals surface area contributed by atoms with Gasteiger partial charge in [0.05, 0.1) is 17.0 Å². The van der Waals surface area contributed by atoms with Crippen LogP contribution in [0.4, 0.5) is 26.3 Å². The summed E-state index contributed by atoms with van der Waals surface area (Å²) in [5.74, 6) is 0. The minimum absolute atomic E-state index is 0. The van der Waals surface area contributed by atoms with Crippen molar-refractivity contribution in [3.05, 3.63) is 34.3 Å². The maximum Gasteiger partial charge on any atom is 0.417 e. The zero-order chi connectivity index (χ0) is 14.1. The van der Waals surface area contributed by atoms with E-state index < -0.39 is 35.4 Å². The molecule has 110 valence electrons. The van der Waals surface area contributed by atoms with Crippen LogP contribution in [0.2, 0.25) is 5.02 Å². The van der Waals surface area contributed by atoms with E-state index in [0.29, 0.717) is 6.07 Å². The average Bonchev–Trinajstić information content (AvgIpc) is 2.13. The van der Waals surface area contributed by atoms with Crippen LogP contribution in [0.1, 0.15) is 23.6 Å². The molecule has 0 heterocycles. The zero-order valence-electron chi connectivity index (χ0n) is 9.15. The standard InChI is InChI=1S/C10H8ClF6N.ClH/c11-7-2-1-5(3-6(7)10(15,16)17)8(18)4-9(12,13)14;/h1-3,8H,4,18H2;1H/t8-;/m0./s1. The quantitative estimate of drug-likeness (QED) is 0.780. The van der Waals surface area contributed by atoms with Gasteiger partial charge in [0, 0.05) is 6.04 Å². The second-order valence-electron chi connectivity index (χ2n) is 3.66. The van der Waals surface area contributed by atoms with E-state index in [-0.39, 0.29) is 18.0 Å². The molecule has 9 heteroatoms. The van der Waals surface area contributed by atoms with Crippen LogP contribution in [0, 0.1) is 0 Å². The number of benzene rings is 1. The summed E-state index contributed by atoms with van der Waals surface area (Å²) in [6.07, 6.45) is -10.7. The summed E-state index contributed by atoms with van der Waals surface area (Å²) in [4.78, 5) is 0. The molecule has 0 aliphatic heterocycles. The molecule has 2 N–H and O–H groups in total. The first kappa shape index (κ1) is 18.3. The summed E-state index contributed by atoms with van der Waals surface area (Å²) in [5.41, 5.74) is 3.76. The van der Waals surface area contributed by atoms with E-state index >= 15 is 0 Å². The Bertz CT molecular complexity index is 429. The van der Waals surface area contributed by atoms with Gasteiger partial charge < -0.3 is 5.73 Å². The van der Waals surface area contributed by atoms with E-state index in [1.165, 1.54) is 0 Å². The molecule has 1 rings (SSSR count). The third-order valence-electron chi connectivity index (χ3n) is 2.18. The van der Waals surface area contributed by atoms with E-state index in [9.17, 15) is 26.3 Å². The highest BCUT2D eigenvalue weighted by atomic mass is 35.5. The Kier molecular flexibility index (Phi) is 5.98. The Morgan fingerprint density at radius 1 is 1.11 bits per heavy atom. The minimum Gasteiger partial charge on any atom is -0.324 e. The Labute approximate surface area is 116 Å². The van der Waals surface area contributed by atoms with E-state index in [4.69, 9.17) is 17.3 Å². The molecule has 0 bridgehead atoms. The molecule has 0 amide bonds. The van der Waals surface area contributed by atoms with Gasteiger partial charge in [-0.3, -0.25) is 0 Å². The van der Waals surface area contributed by atoms with Crippen molar-refractivity contribution < 1.29 is 26.3 Å². The fourth-order valence-corrected chi connectivity index (χ4v) is 1.58. The topological polar surface area (TPSA) is 26.0 Å². The highest BCUT2D eigenvalue weighted by Gasteiger charge is 2.35. The van der Waals surface area contributed by atoms with Gasteiger partial charge in [0.15, 0.2) is 0 Å². The molecular weight excluding hydrogens is 319 g/mol. The number of rotatable bonds is 2. The van der Waals surface area contributed by atoms with Crippen LogP contribution >= 0.6 is 24.0 Å². The Balaban J connectivity index is 0.00000324. The zero-order valence-corrected chi connectivity index (χ0v) is 10.7. The van der Waals surface area contributed by atoms with E-state index in [1.54, 1.807) is 0 Å². The number of hydrogen-bond acceptors (Lipinski definition) is 1. The maximum absolute atomic E-state index is 12.5.